The molecule has 0 bridgehead atoms. The van der Waals surface area contributed by atoms with Crippen LogP contribution in [0.25, 0.3) is 0 Å². The molecule has 80 valence electrons. The molecule has 0 aromatic rings. The quantitative estimate of drug-likeness (QED) is 0.518. The summed E-state index contributed by atoms with van der Waals surface area (Å²) in [6.45, 7) is 6.98. The minimum absolute atomic E-state index is 0.157. The van der Waals surface area contributed by atoms with Gasteiger partial charge in [-0.15, -0.1) is 0 Å². The Hall–Kier alpha value is -0.120. The SMILES string of the molecule is CC(CO)CCCNC(C)C(C)O. The first kappa shape index (κ1) is 12.9. The molecule has 0 amide bonds. The smallest absolute Gasteiger partial charge is 0.0662 e. The minimum Gasteiger partial charge on any atom is -0.396 e. The second kappa shape index (κ2) is 7.30. The number of aliphatic hydroxyl groups excluding tert-OH is 2. The highest BCUT2D eigenvalue weighted by atomic mass is 16.3. The van der Waals surface area contributed by atoms with Crippen molar-refractivity contribution in [3.05, 3.63) is 0 Å². The maximum absolute atomic E-state index is 9.17. The zero-order valence-electron chi connectivity index (χ0n) is 8.95. The fourth-order valence-electron chi connectivity index (χ4n) is 1.04. The molecule has 0 saturated carbocycles. The third-order valence-corrected chi connectivity index (χ3v) is 2.38. The molecule has 0 aliphatic rings. The Labute approximate surface area is 81.2 Å². The summed E-state index contributed by atoms with van der Waals surface area (Å²) in [4.78, 5) is 0. The molecule has 3 N–H and O–H groups in total. The van der Waals surface area contributed by atoms with Gasteiger partial charge in [-0.2, -0.15) is 0 Å². The van der Waals surface area contributed by atoms with Gasteiger partial charge >= 0.3 is 0 Å². The van der Waals surface area contributed by atoms with Gasteiger partial charge in [-0.3, -0.25) is 0 Å². The van der Waals surface area contributed by atoms with E-state index in [1.54, 1.807) is 6.92 Å². The van der Waals surface area contributed by atoms with Crippen LogP contribution >= 0.6 is 0 Å². The van der Waals surface area contributed by atoms with Crippen molar-refractivity contribution in [1.29, 1.82) is 0 Å². The molecule has 3 heteroatoms. The first-order valence-corrected chi connectivity index (χ1v) is 5.10. The van der Waals surface area contributed by atoms with Crippen LogP contribution in [0.5, 0.6) is 0 Å². The Morgan fingerprint density at radius 2 is 1.85 bits per heavy atom. The van der Waals surface area contributed by atoms with Crippen molar-refractivity contribution >= 4 is 0 Å². The standard InChI is InChI=1S/C10H23NO2/c1-8(7-12)5-4-6-11-9(2)10(3)13/h8-13H,4-7H2,1-3H3. The number of hydrogen-bond donors (Lipinski definition) is 3. The zero-order valence-corrected chi connectivity index (χ0v) is 8.95. The van der Waals surface area contributed by atoms with E-state index < -0.39 is 0 Å². The van der Waals surface area contributed by atoms with Crippen molar-refractivity contribution in [2.45, 2.75) is 45.8 Å². The molecule has 3 atom stereocenters. The van der Waals surface area contributed by atoms with Gasteiger partial charge in [0.15, 0.2) is 0 Å². The van der Waals surface area contributed by atoms with Crippen molar-refractivity contribution in [2.24, 2.45) is 5.92 Å². The molecule has 0 aliphatic heterocycles. The van der Waals surface area contributed by atoms with Crippen LogP contribution in [0.1, 0.15) is 33.6 Å². The number of aliphatic hydroxyl groups is 2. The van der Waals surface area contributed by atoms with Gasteiger partial charge < -0.3 is 15.5 Å². The third kappa shape index (κ3) is 6.99. The lowest BCUT2D eigenvalue weighted by molar-refractivity contribution is 0.152. The molecule has 0 radical (unpaired) electrons. The fourth-order valence-corrected chi connectivity index (χ4v) is 1.04. The summed E-state index contributed by atoms with van der Waals surface area (Å²) >= 11 is 0. The summed E-state index contributed by atoms with van der Waals surface area (Å²) in [5.41, 5.74) is 0. The van der Waals surface area contributed by atoms with Crippen LogP contribution in [0.4, 0.5) is 0 Å². The first-order chi connectivity index (χ1) is 6.07. The van der Waals surface area contributed by atoms with Crippen LogP contribution < -0.4 is 5.32 Å². The number of nitrogens with one attached hydrogen (secondary N) is 1. The lowest BCUT2D eigenvalue weighted by atomic mass is 10.1. The Balaban J connectivity index is 3.25. The van der Waals surface area contributed by atoms with Crippen molar-refractivity contribution < 1.29 is 10.2 Å². The van der Waals surface area contributed by atoms with Crippen molar-refractivity contribution in [3.63, 3.8) is 0 Å². The van der Waals surface area contributed by atoms with Crippen LogP contribution in [0.2, 0.25) is 0 Å². The number of hydrogen-bond acceptors (Lipinski definition) is 3. The van der Waals surface area contributed by atoms with Crippen LogP contribution in [0.15, 0.2) is 0 Å². The van der Waals surface area contributed by atoms with Gasteiger partial charge in [0.1, 0.15) is 0 Å². The van der Waals surface area contributed by atoms with E-state index >= 15 is 0 Å². The molecule has 0 aliphatic carbocycles. The molecule has 0 aromatic heterocycles. The predicted molar refractivity (Wildman–Crippen MR) is 54.6 cm³/mol. The average Bonchev–Trinajstić information content (AvgIpc) is 2.11. The highest BCUT2D eigenvalue weighted by molar-refractivity contribution is 4.66. The molecule has 0 heterocycles. The molecule has 13 heavy (non-hydrogen) atoms. The molecule has 3 unspecified atom stereocenters. The van der Waals surface area contributed by atoms with Gasteiger partial charge in [0, 0.05) is 12.6 Å². The van der Waals surface area contributed by atoms with Crippen molar-refractivity contribution in [2.75, 3.05) is 13.2 Å². The van der Waals surface area contributed by atoms with E-state index in [-0.39, 0.29) is 18.8 Å². The second-order valence-corrected chi connectivity index (χ2v) is 3.91. The van der Waals surface area contributed by atoms with E-state index in [1.165, 1.54) is 0 Å². The molecule has 0 rings (SSSR count). The monoisotopic (exact) mass is 189 g/mol. The van der Waals surface area contributed by atoms with Crippen molar-refractivity contribution in [1.82, 2.24) is 5.32 Å². The highest BCUT2D eigenvalue weighted by Crippen LogP contribution is 2.03. The maximum Gasteiger partial charge on any atom is 0.0662 e. The molecule has 3 nitrogen and oxygen atoms in total. The predicted octanol–water partition coefficient (Wildman–Crippen LogP) is 0.754. The summed E-state index contributed by atoms with van der Waals surface area (Å²) in [5, 5.41) is 21.2. The van der Waals surface area contributed by atoms with Gasteiger partial charge in [-0.05, 0) is 39.2 Å². The normalized spacial score (nSPS) is 18.2. The summed E-state index contributed by atoms with van der Waals surface area (Å²) in [6, 6.07) is 0.157. The Bertz CT molecular complexity index is 117. The van der Waals surface area contributed by atoms with Gasteiger partial charge in [-0.1, -0.05) is 6.92 Å². The molecule has 0 saturated heterocycles. The van der Waals surface area contributed by atoms with Gasteiger partial charge in [0.2, 0.25) is 0 Å². The van der Waals surface area contributed by atoms with Gasteiger partial charge in [-0.25, -0.2) is 0 Å². The molecular formula is C10H23NO2. The molecule has 0 aromatic carbocycles. The van der Waals surface area contributed by atoms with Gasteiger partial charge in [0.05, 0.1) is 6.10 Å². The van der Waals surface area contributed by atoms with E-state index in [2.05, 4.69) is 5.32 Å². The number of rotatable bonds is 7. The lowest BCUT2D eigenvalue weighted by Crippen LogP contribution is -2.36. The van der Waals surface area contributed by atoms with Crippen LogP contribution in [0.3, 0.4) is 0 Å². The van der Waals surface area contributed by atoms with E-state index in [9.17, 15) is 5.11 Å². The summed E-state index contributed by atoms with van der Waals surface area (Å²) in [6.07, 6.45) is 1.80. The fraction of sp³-hybridized carbons (Fsp3) is 1.00. The Morgan fingerprint density at radius 3 is 2.31 bits per heavy atom. The maximum atomic E-state index is 9.17. The summed E-state index contributed by atoms with van der Waals surface area (Å²) in [5.74, 6) is 0.392. The lowest BCUT2D eigenvalue weighted by Gasteiger charge is -2.16. The largest absolute Gasteiger partial charge is 0.396 e. The third-order valence-electron chi connectivity index (χ3n) is 2.38. The summed E-state index contributed by atoms with van der Waals surface area (Å²) in [7, 11) is 0. The van der Waals surface area contributed by atoms with E-state index in [4.69, 9.17) is 5.11 Å². The second-order valence-electron chi connectivity index (χ2n) is 3.91. The Kier molecular flexibility index (Phi) is 7.23. The molecule has 0 fully saturated rings. The van der Waals surface area contributed by atoms with Crippen LogP contribution in [-0.2, 0) is 0 Å². The highest BCUT2D eigenvalue weighted by Gasteiger charge is 2.06. The topological polar surface area (TPSA) is 52.5 Å². The van der Waals surface area contributed by atoms with Gasteiger partial charge in [0.25, 0.3) is 0 Å². The summed E-state index contributed by atoms with van der Waals surface area (Å²) < 4.78 is 0. The zero-order chi connectivity index (χ0) is 10.3. The average molecular weight is 189 g/mol. The van der Waals surface area contributed by atoms with E-state index in [0.717, 1.165) is 19.4 Å². The van der Waals surface area contributed by atoms with E-state index in [1.807, 2.05) is 13.8 Å². The van der Waals surface area contributed by atoms with Crippen molar-refractivity contribution in [3.8, 4) is 0 Å². The van der Waals surface area contributed by atoms with Crippen LogP contribution in [-0.4, -0.2) is 35.5 Å². The molecular weight excluding hydrogens is 166 g/mol. The Morgan fingerprint density at radius 1 is 1.23 bits per heavy atom. The van der Waals surface area contributed by atoms with Crippen LogP contribution in [0, 0.1) is 5.92 Å². The minimum atomic E-state index is -0.296. The van der Waals surface area contributed by atoms with E-state index in [0.29, 0.717) is 5.92 Å². The molecule has 0 spiro atoms. The first-order valence-electron chi connectivity index (χ1n) is 5.10.